The zero-order chi connectivity index (χ0) is 23.3. The molecule has 0 saturated carbocycles. The number of rotatable bonds is 8. The van der Waals surface area contributed by atoms with Gasteiger partial charge in [0.05, 0.1) is 23.1 Å². The third-order valence-electron chi connectivity index (χ3n) is 6.02. The van der Waals surface area contributed by atoms with Crippen LogP contribution in [-0.4, -0.2) is 80.4 Å². The summed E-state index contributed by atoms with van der Waals surface area (Å²) in [4.78, 5) is 18.2. The SMILES string of the molecule is N#Cc1ccccc1S(=O)(=O)N1CCN(C(=O)CN(Cc2cccs2)CC2CCCO2)CC1. The van der Waals surface area contributed by atoms with E-state index < -0.39 is 10.0 Å². The predicted molar refractivity (Wildman–Crippen MR) is 125 cm³/mol. The maximum Gasteiger partial charge on any atom is 0.244 e. The molecule has 33 heavy (non-hydrogen) atoms. The van der Waals surface area contributed by atoms with E-state index >= 15 is 0 Å². The molecule has 0 N–H and O–H groups in total. The van der Waals surface area contributed by atoms with Gasteiger partial charge in [-0.3, -0.25) is 9.69 Å². The number of amides is 1. The molecule has 1 atom stereocenters. The summed E-state index contributed by atoms with van der Waals surface area (Å²) in [6, 6.07) is 12.3. The van der Waals surface area contributed by atoms with Crippen molar-refractivity contribution in [2.24, 2.45) is 0 Å². The number of benzene rings is 1. The van der Waals surface area contributed by atoms with E-state index in [0.29, 0.717) is 26.2 Å². The van der Waals surface area contributed by atoms with Crippen LogP contribution in [0, 0.1) is 11.3 Å². The average molecular weight is 489 g/mol. The van der Waals surface area contributed by atoms with Crippen molar-refractivity contribution in [2.45, 2.75) is 30.4 Å². The van der Waals surface area contributed by atoms with Gasteiger partial charge in [0.1, 0.15) is 6.07 Å². The fourth-order valence-corrected chi connectivity index (χ4v) is 6.59. The highest BCUT2D eigenvalue weighted by atomic mass is 32.2. The van der Waals surface area contributed by atoms with Crippen LogP contribution in [0.4, 0.5) is 0 Å². The van der Waals surface area contributed by atoms with Gasteiger partial charge < -0.3 is 9.64 Å². The molecule has 176 valence electrons. The van der Waals surface area contributed by atoms with Crippen molar-refractivity contribution in [1.29, 1.82) is 5.26 Å². The van der Waals surface area contributed by atoms with E-state index in [-0.39, 0.29) is 42.1 Å². The zero-order valence-electron chi connectivity index (χ0n) is 18.4. The van der Waals surface area contributed by atoms with Crippen LogP contribution < -0.4 is 0 Å². The van der Waals surface area contributed by atoms with E-state index in [0.717, 1.165) is 19.4 Å². The Bertz CT molecular complexity index is 1080. The lowest BCUT2D eigenvalue weighted by atomic mass is 10.2. The normalized spacial score (nSPS) is 19.6. The first-order valence-electron chi connectivity index (χ1n) is 11.1. The number of piperazine rings is 1. The van der Waals surface area contributed by atoms with Gasteiger partial charge in [-0.2, -0.15) is 9.57 Å². The molecule has 0 aliphatic carbocycles. The maximum absolute atomic E-state index is 13.1. The molecule has 3 heterocycles. The number of ether oxygens (including phenoxy) is 1. The van der Waals surface area contributed by atoms with E-state index in [2.05, 4.69) is 11.0 Å². The lowest BCUT2D eigenvalue weighted by Crippen LogP contribution is -2.52. The molecule has 2 aromatic rings. The van der Waals surface area contributed by atoms with Crippen molar-refractivity contribution in [3.8, 4) is 6.07 Å². The summed E-state index contributed by atoms with van der Waals surface area (Å²) in [6.07, 6.45) is 2.21. The van der Waals surface area contributed by atoms with Gasteiger partial charge in [-0.25, -0.2) is 8.42 Å². The first-order chi connectivity index (χ1) is 16.0. The highest BCUT2D eigenvalue weighted by Gasteiger charge is 2.32. The number of thiophene rings is 1. The van der Waals surface area contributed by atoms with Crippen molar-refractivity contribution in [1.82, 2.24) is 14.1 Å². The summed E-state index contributed by atoms with van der Waals surface area (Å²) in [6.45, 7) is 3.55. The minimum absolute atomic E-state index is 0.000902. The van der Waals surface area contributed by atoms with Gasteiger partial charge in [0, 0.05) is 50.8 Å². The predicted octanol–water partition coefficient (Wildman–Crippen LogP) is 2.13. The number of hydrogen-bond acceptors (Lipinski definition) is 7. The fourth-order valence-electron chi connectivity index (χ4n) is 4.28. The second-order valence-corrected chi connectivity index (χ2v) is 11.2. The zero-order valence-corrected chi connectivity index (χ0v) is 20.1. The van der Waals surface area contributed by atoms with Crippen LogP contribution >= 0.6 is 11.3 Å². The minimum Gasteiger partial charge on any atom is -0.377 e. The topological polar surface area (TPSA) is 93.9 Å². The van der Waals surface area contributed by atoms with Crippen LogP contribution in [0.5, 0.6) is 0 Å². The summed E-state index contributed by atoms with van der Waals surface area (Å²) in [5.74, 6) is -0.000902. The molecule has 0 bridgehead atoms. The van der Waals surface area contributed by atoms with Crippen molar-refractivity contribution >= 4 is 27.3 Å². The van der Waals surface area contributed by atoms with Gasteiger partial charge in [0.15, 0.2) is 0 Å². The van der Waals surface area contributed by atoms with Gasteiger partial charge >= 0.3 is 0 Å². The third kappa shape index (κ3) is 5.80. The Morgan fingerprint density at radius 2 is 1.97 bits per heavy atom. The second-order valence-electron chi connectivity index (χ2n) is 8.28. The van der Waals surface area contributed by atoms with Gasteiger partial charge in [0.25, 0.3) is 0 Å². The molecule has 1 unspecified atom stereocenters. The second kappa shape index (κ2) is 10.8. The Kier molecular flexibility index (Phi) is 7.78. The highest BCUT2D eigenvalue weighted by molar-refractivity contribution is 7.89. The van der Waals surface area contributed by atoms with E-state index in [1.165, 1.54) is 21.3 Å². The van der Waals surface area contributed by atoms with Crippen LogP contribution in [0.25, 0.3) is 0 Å². The molecule has 2 aliphatic rings. The van der Waals surface area contributed by atoms with Crippen LogP contribution in [0.2, 0.25) is 0 Å². The summed E-state index contributed by atoms with van der Waals surface area (Å²) >= 11 is 1.67. The van der Waals surface area contributed by atoms with Crippen molar-refractivity contribution < 1.29 is 17.9 Å². The molecule has 8 nitrogen and oxygen atoms in total. The lowest BCUT2D eigenvalue weighted by Gasteiger charge is -2.35. The number of nitriles is 1. The summed E-state index contributed by atoms with van der Waals surface area (Å²) in [5.41, 5.74) is 0.134. The van der Waals surface area contributed by atoms with E-state index in [9.17, 15) is 18.5 Å². The minimum atomic E-state index is -3.78. The smallest absolute Gasteiger partial charge is 0.244 e. The standard InChI is InChI=1S/C23H28N4O4S2/c24-15-19-5-1-2-8-22(19)33(29,30)27-11-9-26(10-12-27)23(28)18-25(16-20-6-3-13-31-20)17-21-7-4-14-32-21/h1-2,4-5,7-8,14,20H,3,6,9-13,16-18H2. The number of nitrogens with zero attached hydrogens (tertiary/aromatic N) is 4. The van der Waals surface area contributed by atoms with Crippen molar-refractivity contribution in [3.63, 3.8) is 0 Å². The molecule has 0 radical (unpaired) electrons. The Balaban J connectivity index is 1.37. The van der Waals surface area contributed by atoms with Crippen molar-refractivity contribution in [3.05, 3.63) is 52.2 Å². The van der Waals surface area contributed by atoms with E-state index in [1.807, 2.05) is 17.5 Å². The summed E-state index contributed by atoms with van der Waals surface area (Å²) in [7, 11) is -3.78. The molecule has 2 aliphatic heterocycles. The Morgan fingerprint density at radius 1 is 1.18 bits per heavy atom. The number of carbonyl (C=O) groups excluding carboxylic acids is 1. The molecule has 4 rings (SSSR count). The molecule has 2 saturated heterocycles. The van der Waals surface area contributed by atoms with Crippen LogP contribution in [0.15, 0.2) is 46.7 Å². The van der Waals surface area contributed by atoms with Gasteiger partial charge in [0.2, 0.25) is 15.9 Å². The monoisotopic (exact) mass is 488 g/mol. The number of carbonyl (C=O) groups is 1. The molecule has 1 aromatic heterocycles. The number of sulfonamides is 1. The molecular formula is C23H28N4O4S2. The quantitative estimate of drug-likeness (QED) is 0.565. The van der Waals surface area contributed by atoms with E-state index in [4.69, 9.17) is 4.74 Å². The Morgan fingerprint density at radius 3 is 2.64 bits per heavy atom. The van der Waals surface area contributed by atoms with Gasteiger partial charge in [-0.1, -0.05) is 18.2 Å². The molecule has 10 heteroatoms. The molecule has 1 amide bonds. The van der Waals surface area contributed by atoms with Crippen molar-refractivity contribution in [2.75, 3.05) is 45.9 Å². The average Bonchev–Trinajstić information content (AvgIpc) is 3.53. The highest BCUT2D eigenvalue weighted by Crippen LogP contribution is 2.22. The third-order valence-corrected chi connectivity index (χ3v) is 8.84. The first kappa shape index (κ1) is 23.9. The van der Waals surface area contributed by atoms with E-state index in [1.54, 1.807) is 28.4 Å². The van der Waals surface area contributed by atoms with Crippen LogP contribution in [-0.2, 0) is 26.1 Å². The summed E-state index contributed by atoms with van der Waals surface area (Å²) < 4.78 is 33.2. The first-order valence-corrected chi connectivity index (χ1v) is 13.4. The molecule has 2 fully saturated rings. The molecule has 1 aromatic carbocycles. The van der Waals surface area contributed by atoms with Gasteiger partial charge in [-0.15, -0.1) is 11.3 Å². The van der Waals surface area contributed by atoms with Gasteiger partial charge in [-0.05, 0) is 36.4 Å². The Labute approximate surface area is 199 Å². The van der Waals surface area contributed by atoms with Crippen LogP contribution in [0.3, 0.4) is 0 Å². The lowest BCUT2D eigenvalue weighted by molar-refractivity contribution is -0.134. The fraction of sp³-hybridized carbons (Fsp3) is 0.478. The molecule has 0 spiro atoms. The maximum atomic E-state index is 13.1. The molecular weight excluding hydrogens is 460 g/mol. The van der Waals surface area contributed by atoms with Crippen LogP contribution in [0.1, 0.15) is 23.3 Å². The summed E-state index contributed by atoms with van der Waals surface area (Å²) in [5, 5.41) is 11.3. The Hall–Kier alpha value is -2.29. The number of hydrogen-bond donors (Lipinski definition) is 0. The largest absolute Gasteiger partial charge is 0.377 e.